The van der Waals surface area contributed by atoms with E-state index in [1.807, 2.05) is 12.1 Å². The maximum Gasteiger partial charge on any atom is 0.248 e. The fraction of sp³-hybridized carbons (Fsp3) is 0.222. The summed E-state index contributed by atoms with van der Waals surface area (Å²) in [6.07, 6.45) is 2.87. The van der Waals surface area contributed by atoms with Gasteiger partial charge in [-0.05, 0) is 60.1 Å². The van der Waals surface area contributed by atoms with Crippen LogP contribution in [0, 0.1) is 11.3 Å². The normalized spacial score (nSPS) is 16.8. The highest BCUT2D eigenvalue weighted by atomic mass is 16.1. The fourth-order valence-electron chi connectivity index (χ4n) is 3.16. The highest BCUT2D eigenvalue weighted by Crippen LogP contribution is 2.34. The van der Waals surface area contributed by atoms with Crippen LogP contribution in [0.1, 0.15) is 45.0 Å². The molecule has 0 aromatic heterocycles. The van der Waals surface area contributed by atoms with Crippen LogP contribution in [0.2, 0.25) is 0 Å². The van der Waals surface area contributed by atoms with E-state index in [4.69, 9.17) is 11.0 Å². The molecule has 104 valence electrons. The Morgan fingerprint density at radius 3 is 2.67 bits per heavy atom. The van der Waals surface area contributed by atoms with Crippen LogP contribution in [-0.2, 0) is 12.8 Å². The maximum absolute atomic E-state index is 11.6. The second-order valence-corrected chi connectivity index (χ2v) is 5.49. The van der Waals surface area contributed by atoms with E-state index in [0.717, 1.165) is 24.8 Å². The molecule has 3 rings (SSSR count). The molecule has 3 nitrogen and oxygen atoms in total. The molecule has 0 saturated carbocycles. The summed E-state index contributed by atoms with van der Waals surface area (Å²) in [5, 5.41) is 9.08. The van der Waals surface area contributed by atoms with Crippen molar-refractivity contribution in [2.75, 3.05) is 0 Å². The number of hydrogen-bond acceptors (Lipinski definition) is 2. The van der Waals surface area contributed by atoms with Crippen molar-refractivity contribution in [1.82, 2.24) is 0 Å². The molecule has 1 aliphatic carbocycles. The summed E-state index contributed by atoms with van der Waals surface area (Å²) in [7, 11) is 0. The number of amides is 1. The molecule has 0 aliphatic heterocycles. The maximum atomic E-state index is 11.6. The summed E-state index contributed by atoms with van der Waals surface area (Å²) < 4.78 is 0. The van der Waals surface area contributed by atoms with Crippen molar-refractivity contribution in [3.8, 4) is 6.07 Å². The number of nitrogens with two attached hydrogens (primary N) is 1. The molecule has 1 aliphatic rings. The number of carbonyl (C=O) groups excluding carboxylic acids is 1. The molecular formula is C18H16N2O. The van der Waals surface area contributed by atoms with Gasteiger partial charge in [0.25, 0.3) is 0 Å². The van der Waals surface area contributed by atoms with E-state index >= 15 is 0 Å². The summed E-state index contributed by atoms with van der Waals surface area (Å²) >= 11 is 0. The summed E-state index contributed by atoms with van der Waals surface area (Å²) in [5.74, 6) is -0.177. The Balaban J connectivity index is 2.01. The van der Waals surface area contributed by atoms with Crippen molar-refractivity contribution >= 4 is 5.91 Å². The van der Waals surface area contributed by atoms with Crippen LogP contribution in [0.3, 0.4) is 0 Å². The number of carbonyl (C=O) groups is 1. The third kappa shape index (κ3) is 2.53. The first-order chi connectivity index (χ1) is 10.2. The zero-order valence-corrected chi connectivity index (χ0v) is 11.7. The predicted molar refractivity (Wildman–Crippen MR) is 80.9 cm³/mol. The van der Waals surface area contributed by atoms with Gasteiger partial charge < -0.3 is 5.73 Å². The number of fused-ring (bicyclic) bond motifs is 1. The van der Waals surface area contributed by atoms with Crippen molar-refractivity contribution in [3.05, 3.63) is 70.3 Å². The molecule has 2 aromatic rings. The van der Waals surface area contributed by atoms with E-state index in [9.17, 15) is 4.79 Å². The monoisotopic (exact) mass is 276 g/mol. The lowest BCUT2D eigenvalue weighted by Gasteiger charge is -2.26. The first-order valence-corrected chi connectivity index (χ1v) is 7.09. The van der Waals surface area contributed by atoms with E-state index < -0.39 is 5.91 Å². The average Bonchev–Trinajstić information content (AvgIpc) is 2.53. The van der Waals surface area contributed by atoms with Gasteiger partial charge in [-0.3, -0.25) is 4.79 Å². The second-order valence-electron chi connectivity index (χ2n) is 5.49. The van der Waals surface area contributed by atoms with Crippen LogP contribution in [0.25, 0.3) is 0 Å². The van der Waals surface area contributed by atoms with Gasteiger partial charge in [0.1, 0.15) is 0 Å². The molecule has 0 radical (unpaired) electrons. The Morgan fingerprint density at radius 2 is 1.95 bits per heavy atom. The number of nitrogens with zero attached hydrogens (tertiary/aromatic N) is 1. The van der Waals surface area contributed by atoms with Crippen LogP contribution in [0.5, 0.6) is 0 Å². The van der Waals surface area contributed by atoms with E-state index in [-0.39, 0.29) is 5.92 Å². The molecule has 1 unspecified atom stereocenters. The van der Waals surface area contributed by atoms with Crippen LogP contribution >= 0.6 is 0 Å². The smallest absolute Gasteiger partial charge is 0.248 e. The third-order valence-corrected chi connectivity index (χ3v) is 4.23. The number of benzene rings is 2. The molecule has 0 spiro atoms. The molecule has 3 heteroatoms. The van der Waals surface area contributed by atoms with Gasteiger partial charge in [-0.15, -0.1) is 0 Å². The first-order valence-electron chi connectivity index (χ1n) is 7.09. The van der Waals surface area contributed by atoms with Gasteiger partial charge in [0, 0.05) is 5.56 Å². The Morgan fingerprint density at radius 1 is 1.19 bits per heavy atom. The quantitative estimate of drug-likeness (QED) is 0.916. The molecule has 1 amide bonds. The largest absolute Gasteiger partial charge is 0.366 e. The number of aryl methyl sites for hydroxylation is 1. The molecule has 0 fully saturated rings. The first kappa shape index (κ1) is 13.4. The van der Waals surface area contributed by atoms with Gasteiger partial charge in [0.15, 0.2) is 0 Å². The molecule has 0 heterocycles. The topological polar surface area (TPSA) is 66.9 Å². The van der Waals surface area contributed by atoms with Gasteiger partial charge in [0.05, 0.1) is 11.6 Å². The lowest BCUT2D eigenvalue weighted by atomic mass is 9.78. The number of hydrogen-bond donors (Lipinski definition) is 1. The van der Waals surface area contributed by atoms with Crippen LogP contribution in [-0.4, -0.2) is 5.91 Å². The molecule has 2 N–H and O–H groups in total. The van der Waals surface area contributed by atoms with Crippen molar-refractivity contribution in [1.29, 1.82) is 5.26 Å². The van der Waals surface area contributed by atoms with Crippen molar-refractivity contribution < 1.29 is 4.79 Å². The lowest BCUT2D eigenvalue weighted by molar-refractivity contribution is 0.0999. The standard InChI is InChI=1S/C18H16N2O/c19-11-12-5-8-16(18(20)21)17(9-12)15-7-6-13-3-1-2-4-14(13)10-15/h1-5,8-9,15H,6-7,10H2,(H2,20,21). The zero-order valence-electron chi connectivity index (χ0n) is 11.7. The Labute approximate surface area is 124 Å². The minimum absolute atomic E-state index is 0.246. The summed E-state index contributed by atoms with van der Waals surface area (Å²) in [6, 6.07) is 15.7. The van der Waals surface area contributed by atoms with E-state index in [1.54, 1.807) is 12.1 Å². The van der Waals surface area contributed by atoms with Crippen LogP contribution in [0.4, 0.5) is 0 Å². The summed E-state index contributed by atoms with van der Waals surface area (Å²) in [5.41, 5.74) is 10.2. The highest BCUT2D eigenvalue weighted by Gasteiger charge is 2.23. The molecule has 21 heavy (non-hydrogen) atoms. The van der Waals surface area contributed by atoms with Crippen LogP contribution < -0.4 is 5.73 Å². The van der Waals surface area contributed by atoms with Gasteiger partial charge >= 0.3 is 0 Å². The minimum Gasteiger partial charge on any atom is -0.366 e. The predicted octanol–water partition coefficient (Wildman–Crippen LogP) is 2.93. The molecule has 1 atom stereocenters. The summed E-state index contributed by atoms with van der Waals surface area (Å²) in [4.78, 5) is 11.6. The van der Waals surface area contributed by atoms with Gasteiger partial charge in [-0.25, -0.2) is 0 Å². The third-order valence-electron chi connectivity index (χ3n) is 4.23. The van der Waals surface area contributed by atoms with E-state index in [1.165, 1.54) is 11.1 Å². The summed E-state index contributed by atoms with van der Waals surface area (Å²) in [6.45, 7) is 0. The number of rotatable bonds is 2. The number of nitriles is 1. The Bertz CT molecular complexity index is 743. The Kier molecular flexibility index (Phi) is 3.45. The zero-order chi connectivity index (χ0) is 14.8. The second kappa shape index (κ2) is 5.41. The molecular weight excluding hydrogens is 260 g/mol. The van der Waals surface area contributed by atoms with Gasteiger partial charge in [-0.2, -0.15) is 5.26 Å². The minimum atomic E-state index is -0.423. The van der Waals surface area contributed by atoms with Crippen molar-refractivity contribution in [2.45, 2.75) is 25.2 Å². The highest BCUT2D eigenvalue weighted by molar-refractivity contribution is 5.94. The van der Waals surface area contributed by atoms with Crippen molar-refractivity contribution in [2.24, 2.45) is 5.73 Å². The van der Waals surface area contributed by atoms with Gasteiger partial charge in [-0.1, -0.05) is 24.3 Å². The molecule has 0 saturated heterocycles. The Hall–Kier alpha value is -2.60. The van der Waals surface area contributed by atoms with Crippen LogP contribution in [0.15, 0.2) is 42.5 Å². The van der Waals surface area contributed by atoms with E-state index in [0.29, 0.717) is 11.1 Å². The van der Waals surface area contributed by atoms with Gasteiger partial charge in [0.2, 0.25) is 5.91 Å². The molecule has 0 bridgehead atoms. The van der Waals surface area contributed by atoms with E-state index in [2.05, 4.69) is 24.3 Å². The molecule has 2 aromatic carbocycles. The van der Waals surface area contributed by atoms with Crippen molar-refractivity contribution in [3.63, 3.8) is 0 Å². The number of primary amides is 1. The lowest BCUT2D eigenvalue weighted by Crippen LogP contribution is -2.19. The SMILES string of the molecule is N#Cc1ccc(C(N)=O)c(C2CCc3ccccc3C2)c1. The fourth-order valence-corrected chi connectivity index (χ4v) is 3.16. The average molecular weight is 276 g/mol.